The third kappa shape index (κ3) is 3.55. The van der Waals surface area contributed by atoms with Crippen molar-refractivity contribution in [2.24, 2.45) is 0 Å². The summed E-state index contributed by atoms with van der Waals surface area (Å²) in [5.74, 6) is 0.792. The number of carbonyl (C=O) groups is 1. The van der Waals surface area contributed by atoms with E-state index >= 15 is 0 Å². The molecule has 4 rings (SSSR count). The molecule has 0 radical (unpaired) electrons. The predicted octanol–water partition coefficient (Wildman–Crippen LogP) is 0.101. The van der Waals surface area contributed by atoms with Gasteiger partial charge in [0.1, 0.15) is 6.10 Å². The minimum absolute atomic E-state index is 0.0817. The molecule has 0 saturated carbocycles. The van der Waals surface area contributed by atoms with Crippen molar-refractivity contribution in [1.82, 2.24) is 14.9 Å². The Hall–Kier alpha value is -1.93. The molecule has 0 aliphatic carbocycles. The number of nitrogens with one attached hydrogen (secondary N) is 1. The lowest BCUT2D eigenvalue weighted by Gasteiger charge is -2.27. The van der Waals surface area contributed by atoms with Crippen LogP contribution < -0.4 is 10.5 Å². The van der Waals surface area contributed by atoms with Gasteiger partial charge < -0.3 is 19.3 Å². The first-order valence-electron chi connectivity index (χ1n) is 9.05. The Labute approximate surface area is 146 Å². The third-order valence-electron chi connectivity index (χ3n) is 5.18. The average molecular weight is 348 g/mol. The van der Waals surface area contributed by atoms with Crippen molar-refractivity contribution in [3.05, 3.63) is 22.1 Å². The van der Waals surface area contributed by atoms with Gasteiger partial charge in [0.25, 0.3) is 11.5 Å². The van der Waals surface area contributed by atoms with E-state index in [1.165, 1.54) is 0 Å². The second-order valence-electron chi connectivity index (χ2n) is 6.86. The van der Waals surface area contributed by atoms with Gasteiger partial charge in [0.15, 0.2) is 0 Å². The summed E-state index contributed by atoms with van der Waals surface area (Å²) in [6.07, 6.45) is 2.31. The summed E-state index contributed by atoms with van der Waals surface area (Å²) in [5.41, 5.74) is 0.628. The number of carbonyl (C=O) groups excluding carboxylic acids is 1. The standard InChI is InChI=1S/C17H24N4O4/c22-15-10-13(18-17(19-15)20-5-8-24-9-6-20)12-3-4-21(11-12)16(23)14-2-1-7-25-14/h10,12,14H,1-9,11H2,(H,18,19,22)/t12-,14+/m0/s1. The van der Waals surface area contributed by atoms with Crippen molar-refractivity contribution >= 4 is 11.9 Å². The van der Waals surface area contributed by atoms with Crippen LogP contribution in [0.2, 0.25) is 0 Å². The molecular formula is C17H24N4O4. The van der Waals surface area contributed by atoms with Gasteiger partial charge in [-0.2, -0.15) is 0 Å². The Bertz CT molecular complexity index is 679. The maximum Gasteiger partial charge on any atom is 0.252 e. The number of aromatic nitrogens is 2. The fourth-order valence-corrected chi connectivity index (χ4v) is 3.78. The number of H-pyrrole nitrogens is 1. The lowest BCUT2D eigenvalue weighted by Crippen LogP contribution is -2.38. The Morgan fingerprint density at radius 1 is 1.20 bits per heavy atom. The largest absolute Gasteiger partial charge is 0.378 e. The minimum atomic E-state index is -0.283. The lowest BCUT2D eigenvalue weighted by atomic mass is 10.0. The molecule has 0 aromatic carbocycles. The smallest absolute Gasteiger partial charge is 0.252 e. The van der Waals surface area contributed by atoms with E-state index in [0.29, 0.717) is 38.9 Å². The molecule has 1 N–H and O–H groups in total. The van der Waals surface area contributed by atoms with E-state index in [2.05, 4.69) is 9.97 Å². The van der Waals surface area contributed by atoms with Gasteiger partial charge >= 0.3 is 0 Å². The number of hydrogen-bond donors (Lipinski definition) is 1. The van der Waals surface area contributed by atoms with E-state index in [9.17, 15) is 9.59 Å². The first kappa shape index (κ1) is 16.5. The van der Waals surface area contributed by atoms with Crippen LogP contribution in [-0.4, -0.2) is 72.9 Å². The quantitative estimate of drug-likeness (QED) is 0.834. The van der Waals surface area contributed by atoms with E-state index in [4.69, 9.17) is 9.47 Å². The minimum Gasteiger partial charge on any atom is -0.378 e. The number of anilines is 1. The molecule has 25 heavy (non-hydrogen) atoms. The maximum absolute atomic E-state index is 12.5. The van der Waals surface area contributed by atoms with E-state index in [1.807, 2.05) is 9.80 Å². The van der Waals surface area contributed by atoms with Crippen LogP contribution in [0.1, 0.15) is 30.9 Å². The highest BCUT2D eigenvalue weighted by atomic mass is 16.5. The highest BCUT2D eigenvalue weighted by Crippen LogP contribution is 2.28. The second-order valence-corrected chi connectivity index (χ2v) is 6.86. The van der Waals surface area contributed by atoms with E-state index < -0.39 is 0 Å². The van der Waals surface area contributed by atoms with Crippen LogP contribution in [0.3, 0.4) is 0 Å². The number of hydrogen-bond acceptors (Lipinski definition) is 6. The Morgan fingerprint density at radius 2 is 2.04 bits per heavy atom. The normalized spacial score (nSPS) is 27.0. The Kier molecular flexibility index (Phi) is 4.72. The van der Waals surface area contributed by atoms with Crippen LogP contribution in [-0.2, 0) is 14.3 Å². The molecule has 0 unspecified atom stereocenters. The number of rotatable bonds is 3. The summed E-state index contributed by atoms with van der Waals surface area (Å²) in [5, 5.41) is 0. The molecule has 0 bridgehead atoms. The Morgan fingerprint density at radius 3 is 2.80 bits per heavy atom. The molecule has 1 amide bonds. The zero-order chi connectivity index (χ0) is 17.2. The molecule has 2 atom stereocenters. The lowest BCUT2D eigenvalue weighted by molar-refractivity contribution is -0.139. The van der Waals surface area contributed by atoms with Gasteiger partial charge in [0, 0.05) is 44.8 Å². The van der Waals surface area contributed by atoms with E-state index in [0.717, 1.165) is 38.0 Å². The van der Waals surface area contributed by atoms with Gasteiger partial charge in [-0.3, -0.25) is 14.6 Å². The number of morpholine rings is 1. The molecule has 0 spiro atoms. The molecule has 1 aromatic rings. The van der Waals surface area contributed by atoms with Crippen molar-refractivity contribution in [3.63, 3.8) is 0 Å². The number of nitrogens with zero attached hydrogens (tertiary/aromatic N) is 3. The van der Waals surface area contributed by atoms with Crippen LogP contribution in [0.4, 0.5) is 5.95 Å². The van der Waals surface area contributed by atoms with Gasteiger partial charge in [-0.25, -0.2) is 4.98 Å². The molecule has 136 valence electrons. The molecule has 3 fully saturated rings. The van der Waals surface area contributed by atoms with Gasteiger partial charge in [0.05, 0.1) is 18.9 Å². The topological polar surface area (TPSA) is 87.8 Å². The van der Waals surface area contributed by atoms with Crippen LogP contribution in [0.15, 0.2) is 10.9 Å². The molecule has 3 aliphatic rings. The monoisotopic (exact) mass is 348 g/mol. The first-order chi connectivity index (χ1) is 12.2. The van der Waals surface area contributed by atoms with Crippen LogP contribution >= 0.6 is 0 Å². The van der Waals surface area contributed by atoms with Gasteiger partial charge in [-0.05, 0) is 19.3 Å². The molecule has 8 nitrogen and oxygen atoms in total. The average Bonchev–Trinajstić information content (AvgIpc) is 3.33. The summed E-state index contributed by atoms with van der Waals surface area (Å²) in [6.45, 7) is 4.71. The van der Waals surface area contributed by atoms with Crippen LogP contribution in [0.5, 0.6) is 0 Å². The molecule has 3 saturated heterocycles. The highest BCUT2D eigenvalue weighted by molar-refractivity contribution is 5.81. The summed E-state index contributed by atoms with van der Waals surface area (Å²) in [6, 6.07) is 1.56. The number of likely N-dealkylation sites (tertiary alicyclic amines) is 1. The maximum atomic E-state index is 12.5. The number of ether oxygens (including phenoxy) is 2. The summed E-state index contributed by atoms with van der Waals surface area (Å²) in [7, 11) is 0. The number of amides is 1. The predicted molar refractivity (Wildman–Crippen MR) is 90.8 cm³/mol. The third-order valence-corrected chi connectivity index (χ3v) is 5.18. The summed E-state index contributed by atoms with van der Waals surface area (Å²) >= 11 is 0. The Balaban J connectivity index is 1.47. The summed E-state index contributed by atoms with van der Waals surface area (Å²) in [4.78, 5) is 36.0. The zero-order valence-corrected chi connectivity index (χ0v) is 14.3. The fraction of sp³-hybridized carbons (Fsp3) is 0.706. The van der Waals surface area contributed by atoms with Gasteiger partial charge in [0.2, 0.25) is 5.95 Å². The van der Waals surface area contributed by atoms with Crippen LogP contribution in [0.25, 0.3) is 0 Å². The molecule has 8 heteroatoms. The molecule has 3 aliphatic heterocycles. The first-order valence-corrected chi connectivity index (χ1v) is 9.05. The zero-order valence-electron chi connectivity index (χ0n) is 14.3. The van der Waals surface area contributed by atoms with E-state index in [-0.39, 0.29) is 23.5 Å². The van der Waals surface area contributed by atoms with Crippen molar-refractivity contribution < 1.29 is 14.3 Å². The molecule has 4 heterocycles. The van der Waals surface area contributed by atoms with Gasteiger partial charge in [-0.1, -0.05) is 0 Å². The van der Waals surface area contributed by atoms with Crippen molar-refractivity contribution in [1.29, 1.82) is 0 Å². The number of aromatic amines is 1. The van der Waals surface area contributed by atoms with Crippen molar-refractivity contribution in [3.8, 4) is 0 Å². The molecule has 1 aromatic heterocycles. The second kappa shape index (κ2) is 7.13. The van der Waals surface area contributed by atoms with Gasteiger partial charge in [-0.15, -0.1) is 0 Å². The van der Waals surface area contributed by atoms with Crippen molar-refractivity contribution in [2.45, 2.75) is 31.3 Å². The fourth-order valence-electron chi connectivity index (χ4n) is 3.78. The van der Waals surface area contributed by atoms with Crippen LogP contribution in [0, 0.1) is 0 Å². The SMILES string of the molecule is O=C([C@H]1CCCO1)N1CC[C@H](c2cc(=O)[nH]c(N3CCOCC3)n2)C1. The summed E-state index contributed by atoms with van der Waals surface area (Å²) < 4.78 is 10.9. The highest BCUT2D eigenvalue weighted by Gasteiger charge is 2.34. The van der Waals surface area contributed by atoms with Crippen molar-refractivity contribution in [2.75, 3.05) is 50.9 Å². The van der Waals surface area contributed by atoms with E-state index in [1.54, 1.807) is 6.07 Å². The molecular weight excluding hydrogens is 324 g/mol.